The monoisotopic (exact) mass is 368 g/mol. The number of amides is 2. The van der Waals surface area contributed by atoms with Crippen molar-refractivity contribution >= 4 is 17.7 Å². The summed E-state index contributed by atoms with van der Waals surface area (Å²) in [6.07, 6.45) is 1.59. The molecule has 2 aromatic rings. The van der Waals surface area contributed by atoms with Gasteiger partial charge in [0.2, 0.25) is 5.91 Å². The van der Waals surface area contributed by atoms with Gasteiger partial charge in [0.15, 0.2) is 0 Å². The molecule has 142 valence electrons. The zero-order chi connectivity index (χ0) is 19.6. The first kappa shape index (κ1) is 18.7. The zero-order valence-electron chi connectivity index (χ0n) is 15.8. The first-order valence-corrected chi connectivity index (χ1v) is 8.85. The molecule has 27 heavy (non-hydrogen) atoms. The molecule has 0 aliphatic carbocycles. The van der Waals surface area contributed by atoms with Crippen LogP contribution in [0.4, 0.5) is 10.5 Å². The molecule has 1 aromatic heterocycles. The third-order valence-corrected chi connectivity index (χ3v) is 4.17. The lowest BCUT2D eigenvalue weighted by Crippen LogP contribution is -2.39. The van der Waals surface area contributed by atoms with E-state index in [4.69, 9.17) is 4.74 Å². The number of aromatic amines is 1. The summed E-state index contributed by atoms with van der Waals surface area (Å²) < 4.78 is 5.49. The Hall–Kier alpha value is -3.09. The van der Waals surface area contributed by atoms with E-state index >= 15 is 0 Å². The van der Waals surface area contributed by atoms with Gasteiger partial charge in [0, 0.05) is 35.5 Å². The second kappa shape index (κ2) is 7.26. The molecule has 1 aliphatic heterocycles. The molecule has 0 spiro atoms. The minimum Gasteiger partial charge on any atom is -0.444 e. The Balaban J connectivity index is 1.84. The molecule has 0 saturated carbocycles. The van der Waals surface area contributed by atoms with Crippen LogP contribution in [-0.4, -0.2) is 39.2 Å². The van der Waals surface area contributed by atoms with Crippen molar-refractivity contribution in [2.45, 2.75) is 39.3 Å². The lowest BCUT2D eigenvalue weighted by molar-refractivity contribution is -0.111. The van der Waals surface area contributed by atoms with Gasteiger partial charge in [-0.25, -0.2) is 4.79 Å². The van der Waals surface area contributed by atoms with Crippen molar-refractivity contribution in [1.82, 2.24) is 15.1 Å². The van der Waals surface area contributed by atoms with E-state index in [1.165, 1.54) is 6.08 Å². The Labute approximate surface area is 158 Å². The molecule has 0 fully saturated rings. The third kappa shape index (κ3) is 4.36. The van der Waals surface area contributed by atoms with E-state index in [9.17, 15) is 9.59 Å². The molecule has 0 saturated heterocycles. The molecule has 2 heterocycles. The second-order valence-electron chi connectivity index (χ2n) is 7.46. The summed E-state index contributed by atoms with van der Waals surface area (Å²) in [6.45, 7) is 10.0. The number of aromatic nitrogens is 2. The van der Waals surface area contributed by atoms with Crippen molar-refractivity contribution < 1.29 is 14.3 Å². The van der Waals surface area contributed by atoms with Crippen molar-refractivity contribution in [3.63, 3.8) is 0 Å². The number of carbonyl (C=O) groups excluding carboxylic acids is 2. The molecule has 0 bridgehead atoms. The quantitative estimate of drug-likeness (QED) is 0.812. The number of nitrogens with one attached hydrogen (secondary N) is 2. The first-order valence-electron chi connectivity index (χ1n) is 8.85. The van der Waals surface area contributed by atoms with Crippen molar-refractivity contribution in [1.29, 1.82) is 0 Å². The van der Waals surface area contributed by atoms with Crippen LogP contribution in [0.25, 0.3) is 11.3 Å². The van der Waals surface area contributed by atoms with Gasteiger partial charge in [0.05, 0.1) is 12.2 Å². The molecule has 1 aromatic carbocycles. The van der Waals surface area contributed by atoms with Gasteiger partial charge in [-0.1, -0.05) is 18.7 Å². The largest absolute Gasteiger partial charge is 0.444 e. The minimum atomic E-state index is -0.533. The van der Waals surface area contributed by atoms with Gasteiger partial charge >= 0.3 is 6.09 Å². The number of anilines is 1. The lowest BCUT2D eigenvalue weighted by Gasteiger charge is -2.30. The number of rotatable bonds is 3. The average Bonchev–Trinajstić information content (AvgIpc) is 3.03. The van der Waals surface area contributed by atoms with Gasteiger partial charge in [0.1, 0.15) is 5.60 Å². The summed E-state index contributed by atoms with van der Waals surface area (Å²) in [5.41, 5.74) is 3.75. The van der Waals surface area contributed by atoms with Gasteiger partial charge in [-0.2, -0.15) is 5.10 Å². The van der Waals surface area contributed by atoms with Crippen molar-refractivity contribution in [2.75, 3.05) is 11.9 Å². The average molecular weight is 368 g/mol. The maximum Gasteiger partial charge on any atom is 0.410 e. The zero-order valence-corrected chi connectivity index (χ0v) is 15.8. The molecule has 2 N–H and O–H groups in total. The van der Waals surface area contributed by atoms with E-state index in [-0.39, 0.29) is 12.0 Å². The molecular weight excluding hydrogens is 344 g/mol. The Morgan fingerprint density at radius 1 is 1.37 bits per heavy atom. The Bertz CT molecular complexity index is 880. The lowest BCUT2D eigenvalue weighted by atomic mass is 10.0. The molecule has 3 rings (SSSR count). The number of benzene rings is 1. The van der Waals surface area contributed by atoms with Crippen LogP contribution in [0.1, 0.15) is 32.0 Å². The highest BCUT2D eigenvalue weighted by molar-refractivity contribution is 5.99. The summed E-state index contributed by atoms with van der Waals surface area (Å²) in [7, 11) is 0. The smallest absolute Gasteiger partial charge is 0.410 e. The van der Waals surface area contributed by atoms with Crippen LogP contribution in [0.5, 0.6) is 0 Å². The van der Waals surface area contributed by atoms with Crippen LogP contribution in [0, 0.1) is 0 Å². The Kier molecular flexibility index (Phi) is 5.03. The number of fused-ring (bicyclic) bond motifs is 1. The molecule has 7 nitrogen and oxygen atoms in total. The van der Waals surface area contributed by atoms with E-state index in [1.54, 1.807) is 11.0 Å². The van der Waals surface area contributed by atoms with Crippen molar-refractivity contribution in [3.05, 3.63) is 48.2 Å². The highest BCUT2D eigenvalue weighted by Crippen LogP contribution is 2.30. The summed E-state index contributed by atoms with van der Waals surface area (Å²) in [4.78, 5) is 25.6. The van der Waals surface area contributed by atoms with Gasteiger partial charge < -0.3 is 15.0 Å². The highest BCUT2D eigenvalue weighted by atomic mass is 16.6. The standard InChI is InChI=1S/C20H24N4O3/c1-5-17(25)21-14-8-6-7-13(11-14)18-15-12-24(10-9-16(15)22-23-18)19(26)27-20(2,3)4/h5-8,11H,1,9-10,12H2,2-4H3,(H,21,25)(H,22,23). The number of ether oxygens (including phenoxy) is 1. The number of nitrogens with zero attached hydrogens (tertiary/aromatic N) is 2. The summed E-state index contributed by atoms with van der Waals surface area (Å²) in [6, 6.07) is 7.43. The summed E-state index contributed by atoms with van der Waals surface area (Å²) >= 11 is 0. The molecule has 0 atom stereocenters. The fraction of sp³-hybridized carbons (Fsp3) is 0.350. The van der Waals surface area contributed by atoms with Crippen molar-refractivity contribution in [3.8, 4) is 11.3 Å². The summed E-state index contributed by atoms with van der Waals surface area (Å²) in [5, 5.41) is 10.3. The number of H-pyrrole nitrogens is 1. The molecule has 2 amide bonds. The maximum atomic E-state index is 12.4. The number of hydrogen-bond acceptors (Lipinski definition) is 4. The third-order valence-electron chi connectivity index (χ3n) is 4.17. The maximum absolute atomic E-state index is 12.4. The van der Waals surface area contributed by atoms with Gasteiger partial charge in [-0.05, 0) is 39.0 Å². The van der Waals surface area contributed by atoms with E-state index in [0.29, 0.717) is 25.2 Å². The number of carbonyl (C=O) groups is 2. The van der Waals surface area contributed by atoms with E-state index in [0.717, 1.165) is 22.5 Å². The molecule has 0 unspecified atom stereocenters. The predicted octanol–water partition coefficient (Wildman–Crippen LogP) is 3.49. The predicted molar refractivity (Wildman–Crippen MR) is 103 cm³/mol. The fourth-order valence-electron chi connectivity index (χ4n) is 2.95. The topological polar surface area (TPSA) is 87.3 Å². The SMILES string of the molecule is C=CC(=O)Nc1cccc(-c2n[nH]c3c2CN(C(=O)OC(C)(C)C)CC3)c1. The first-order chi connectivity index (χ1) is 12.8. The fourth-order valence-corrected chi connectivity index (χ4v) is 2.95. The van der Waals surface area contributed by atoms with Gasteiger partial charge in [0.25, 0.3) is 0 Å². The Morgan fingerprint density at radius 3 is 2.85 bits per heavy atom. The molecule has 0 radical (unpaired) electrons. The summed E-state index contributed by atoms with van der Waals surface area (Å²) in [5.74, 6) is -0.271. The van der Waals surface area contributed by atoms with Crippen molar-refractivity contribution in [2.24, 2.45) is 0 Å². The van der Waals surface area contributed by atoms with Crippen LogP contribution >= 0.6 is 0 Å². The highest BCUT2D eigenvalue weighted by Gasteiger charge is 2.28. The van der Waals surface area contributed by atoms with E-state index in [1.807, 2.05) is 39.0 Å². The molecular formula is C20H24N4O3. The van der Waals surface area contributed by atoms with Crippen LogP contribution in [0.15, 0.2) is 36.9 Å². The number of hydrogen-bond donors (Lipinski definition) is 2. The van der Waals surface area contributed by atoms with Gasteiger partial charge in [-0.3, -0.25) is 9.89 Å². The normalized spacial score (nSPS) is 13.7. The van der Waals surface area contributed by atoms with E-state index < -0.39 is 5.60 Å². The van der Waals surface area contributed by atoms with Crippen LogP contribution in [0.3, 0.4) is 0 Å². The van der Waals surface area contributed by atoms with Crippen LogP contribution < -0.4 is 5.32 Å². The van der Waals surface area contributed by atoms with Gasteiger partial charge in [-0.15, -0.1) is 0 Å². The van der Waals surface area contributed by atoms with Crippen LogP contribution in [-0.2, 0) is 22.5 Å². The molecule has 1 aliphatic rings. The minimum absolute atomic E-state index is 0.271. The molecule has 7 heteroatoms. The van der Waals surface area contributed by atoms with Crippen LogP contribution in [0.2, 0.25) is 0 Å². The second-order valence-corrected chi connectivity index (χ2v) is 7.46. The Morgan fingerprint density at radius 2 is 2.15 bits per heavy atom. The van der Waals surface area contributed by atoms with E-state index in [2.05, 4.69) is 22.1 Å².